The molecule has 1 amide bonds. The number of benzene rings is 1. The monoisotopic (exact) mass is 278 g/mol. The number of fused-ring (bicyclic) bond motifs is 1. The summed E-state index contributed by atoms with van der Waals surface area (Å²) in [6.07, 6.45) is 0. The van der Waals surface area contributed by atoms with Crippen molar-refractivity contribution in [3.63, 3.8) is 0 Å². The quantitative estimate of drug-likeness (QED) is 0.661. The molecule has 0 aliphatic carbocycles. The van der Waals surface area contributed by atoms with Crippen molar-refractivity contribution in [3.05, 3.63) is 18.2 Å². The van der Waals surface area contributed by atoms with Crippen LogP contribution >= 0.6 is 0 Å². The Morgan fingerprint density at radius 2 is 2.25 bits per heavy atom. The predicted octanol–water partition coefficient (Wildman–Crippen LogP) is 1.19. The SMILES string of the molecule is CC(C)COC(=O)CN1C(=O)COc2cccc(N)c21. The number of nitrogen functional groups attached to an aromatic ring is 1. The van der Waals surface area contributed by atoms with Gasteiger partial charge in [0, 0.05) is 0 Å². The molecule has 6 heteroatoms. The lowest BCUT2D eigenvalue weighted by Crippen LogP contribution is -2.43. The summed E-state index contributed by atoms with van der Waals surface area (Å²) in [7, 11) is 0. The van der Waals surface area contributed by atoms with Crippen LogP contribution < -0.4 is 15.4 Å². The maximum atomic E-state index is 11.9. The molecule has 0 spiro atoms. The first-order valence-corrected chi connectivity index (χ1v) is 6.46. The standard InChI is InChI=1S/C14H18N2O4/c1-9(2)7-20-13(18)6-16-12(17)8-19-11-5-3-4-10(15)14(11)16/h3-5,9H,6-8,15H2,1-2H3. The van der Waals surface area contributed by atoms with Crippen LogP contribution in [0.5, 0.6) is 5.75 Å². The highest BCUT2D eigenvalue weighted by Gasteiger charge is 2.29. The van der Waals surface area contributed by atoms with Crippen LogP contribution in [0.1, 0.15) is 13.8 Å². The molecular weight excluding hydrogens is 260 g/mol. The summed E-state index contributed by atoms with van der Waals surface area (Å²) in [5, 5.41) is 0. The zero-order chi connectivity index (χ0) is 14.7. The number of ether oxygens (including phenoxy) is 2. The van der Waals surface area contributed by atoms with Crippen LogP contribution in [0.25, 0.3) is 0 Å². The van der Waals surface area contributed by atoms with Crippen LogP contribution in [-0.2, 0) is 14.3 Å². The van der Waals surface area contributed by atoms with Crippen molar-refractivity contribution >= 4 is 23.3 Å². The van der Waals surface area contributed by atoms with Crippen LogP contribution in [0, 0.1) is 5.92 Å². The second kappa shape index (κ2) is 5.81. The van der Waals surface area contributed by atoms with E-state index in [-0.39, 0.29) is 25.0 Å². The Morgan fingerprint density at radius 3 is 2.95 bits per heavy atom. The molecule has 20 heavy (non-hydrogen) atoms. The van der Waals surface area contributed by atoms with Gasteiger partial charge < -0.3 is 15.2 Å². The van der Waals surface area contributed by atoms with Gasteiger partial charge in [0.2, 0.25) is 0 Å². The molecule has 0 bridgehead atoms. The van der Waals surface area contributed by atoms with Gasteiger partial charge in [-0.1, -0.05) is 19.9 Å². The van der Waals surface area contributed by atoms with E-state index in [1.54, 1.807) is 18.2 Å². The van der Waals surface area contributed by atoms with Gasteiger partial charge >= 0.3 is 5.97 Å². The van der Waals surface area contributed by atoms with Gasteiger partial charge in [0.25, 0.3) is 5.91 Å². The van der Waals surface area contributed by atoms with Crippen LogP contribution in [-0.4, -0.2) is 31.6 Å². The first-order chi connectivity index (χ1) is 9.49. The van der Waals surface area contributed by atoms with E-state index in [4.69, 9.17) is 15.2 Å². The Bertz CT molecular complexity index is 528. The van der Waals surface area contributed by atoms with E-state index in [1.807, 2.05) is 13.8 Å². The summed E-state index contributed by atoms with van der Waals surface area (Å²) in [6, 6.07) is 5.11. The smallest absolute Gasteiger partial charge is 0.326 e. The summed E-state index contributed by atoms with van der Waals surface area (Å²) in [6.45, 7) is 3.96. The molecule has 0 saturated heterocycles. The van der Waals surface area contributed by atoms with Crippen molar-refractivity contribution in [1.29, 1.82) is 0 Å². The number of para-hydroxylation sites is 1. The van der Waals surface area contributed by atoms with Crippen molar-refractivity contribution in [2.45, 2.75) is 13.8 Å². The Kier molecular flexibility index (Phi) is 4.12. The number of carbonyl (C=O) groups excluding carboxylic acids is 2. The van der Waals surface area contributed by atoms with Gasteiger partial charge in [-0.15, -0.1) is 0 Å². The number of rotatable bonds is 4. The topological polar surface area (TPSA) is 81.9 Å². The fourth-order valence-corrected chi connectivity index (χ4v) is 1.89. The maximum Gasteiger partial charge on any atom is 0.326 e. The molecule has 0 saturated carbocycles. The summed E-state index contributed by atoms with van der Waals surface area (Å²) in [5.41, 5.74) is 6.70. The first-order valence-electron chi connectivity index (χ1n) is 6.46. The van der Waals surface area contributed by atoms with E-state index in [2.05, 4.69) is 0 Å². The highest BCUT2D eigenvalue weighted by molar-refractivity contribution is 6.04. The zero-order valence-electron chi connectivity index (χ0n) is 11.6. The first kappa shape index (κ1) is 14.2. The van der Waals surface area contributed by atoms with Gasteiger partial charge in [-0.25, -0.2) is 0 Å². The summed E-state index contributed by atoms with van der Waals surface area (Å²) < 4.78 is 10.4. The maximum absolute atomic E-state index is 11.9. The van der Waals surface area contributed by atoms with Crippen LogP contribution in [0.15, 0.2) is 18.2 Å². The van der Waals surface area contributed by atoms with Crippen LogP contribution in [0.2, 0.25) is 0 Å². The molecule has 1 aliphatic rings. The summed E-state index contributed by atoms with van der Waals surface area (Å²) >= 11 is 0. The summed E-state index contributed by atoms with van der Waals surface area (Å²) in [4.78, 5) is 25.0. The Hall–Kier alpha value is -2.24. The lowest BCUT2D eigenvalue weighted by Gasteiger charge is -2.29. The third-order valence-corrected chi connectivity index (χ3v) is 2.82. The predicted molar refractivity (Wildman–Crippen MR) is 74.5 cm³/mol. The fourth-order valence-electron chi connectivity index (χ4n) is 1.89. The largest absolute Gasteiger partial charge is 0.481 e. The van der Waals surface area contributed by atoms with E-state index in [0.717, 1.165) is 0 Å². The molecule has 1 heterocycles. The molecule has 1 aliphatic heterocycles. The van der Waals surface area contributed by atoms with E-state index in [1.165, 1.54) is 4.90 Å². The number of hydrogen-bond donors (Lipinski definition) is 1. The number of nitrogens with two attached hydrogens (primary N) is 1. The zero-order valence-corrected chi connectivity index (χ0v) is 11.6. The normalized spacial score (nSPS) is 13.9. The second-order valence-electron chi connectivity index (χ2n) is 5.04. The average molecular weight is 278 g/mol. The minimum Gasteiger partial charge on any atom is -0.481 e. The fraction of sp³-hybridized carbons (Fsp3) is 0.429. The molecule has 108 valence electrons. The van der Waals surface area contributed by atoms with E-state index in [9.17, 15) is 9.59 Å². The Labute approximate surface area is 117 Å². The molecule has 6 nitrogen and oxygen atoms in total. The van der Waals surface area contributed by atoms with Gasteiger partial charge in [-0.2, -0.15) is 0 Å². The number of anilines is 2. The molecule has 0 aromatic heterocycles. The van der Waals surface area contributed by atoms with Gasteiger partial charge in [0.1, 0.15) is 18.0 Å². The van der Waals surface area contributed by atoms with Crippen molar-refractivity contribution in [1.82, 2.24) is 0 Å². The van der Waals surface area contributed by atoms with E-state index < -0.39 is 5.97 Å². The van der Waals surface area contributed by atoms with Gasteiger partial charge in [0.05, 0.1) is 12.3 Å². The number of carbonyl (C=O) groups is 2. The third-order valence-electron chi connectivity index (χ3n) is 2.82. The average Bonchev–Trinajstić information content (AvgIpc) is 2.40. The molecule has 0 radical (unpaired) electrons. The lowest BCUT2D eigenvalue weighted by atomic mass is 10.2. The Morgan fingerprint density at radius 1 is 1.50 bits per heavy atom. The van der Waals surface area contributed by atoms with Crippen LogP contribution in [0.4, 0.5) is 11.4 Å². The number of nitrogens with zero attached hydrogens (tertiary/aromatic N) is 1. The van der Waals surface area contributed by atoms with E-state index >= 15 is 0 Å². The molecule has 1 aromatic carbocycles. The van der Waals surface area contributed by atoms with Crippen LogP contribution in [0.3, 0.4) is 0 Å². The summed E-state index contributed by atoms with van der Waals surface area (Å²) in [5.74, 6) is -0.0157. The molecule has 2 rings (SSSR count). The van der Waals surface area contributed by atoms with Crippen molar-refractivity contribution in [3.8, 4) is 5.75 Å². The minimum atomic E-state index is -0.455. The third kappa shape index (κ3) is 3.01. The van der Waals surface area contributed by atoms with Gasteiger partial charge in [0.15, 0.2) is 6.61 Å². The van der Waals surface area contributed by atoms with Crippen molar-refractivity contribution in [2.24, 2.45) is 5.92 Å². The minimum absolute atomic E-state index is 0.103. The molecule has 0 unspecified atom stereocenters. The highest BCUT2D eigenvalue weighted by atomic mass is 16.5. The Balaban J connectivity index is 2.15. The second-order valence-corrected chi connectivity index (χ2v) is 5.04. The van der Waals surface area contributed by atoms with Gasteiger partial charge in [-0.3, -0.25) is 14.5 Å². The van der Waals surface area contributed by atoms with Crippen molar-refractivity contribution < 1.29 is 19.1 Å². The van der Waals surface area contributed by atoms with Crippen molar-refractivity contribution in [2.75, 3.05) is 30.4 Å². The molecule has 0 fully saturated rings. The molecule has 1 aromatic rings. The lowest BCUT2D eigenvalue weighted by molar-refractivity contribution is -0.144. The van der Waals surface area contributed by atoms with E-state index in [0.29, 0.717) is 23.7 Å². The molecule has 2 N–H and O–H groups in total. The molecule has 0 atom stereocenters. The highest BCUT2D eigenvalue weighted by Crippen LogP contribution is 2.36. The number of hydrogen-bond acceptors (Lipinski definition) is 5. The van der Waals surface area contributed by atoms with Gasteiger partial charge in [-0.05, 0) is 18.1 Å². The molecular formula is C14H18N2O4. The number of amides is 1. The number of esters is 1.